The van der Waals surface area contributed by atoms with E-state index in [1.165, 1.54) is 6.07 Å². The molecule has 6 heteroatoms. The Balaban J connectivity index is 1.98. The molecule has 2 N–H and O–H groups in total. The Hall–Kier alpha value is -1.15. The first-order valence-corrected chi connectivity index (χ1v) is 7.54. The molecule has 0 spiro atoms. The molecule has 1 amide bonds. The van der Waals surface area contributed by atoms with E-state index in [4.69, 9.17) is 9.84 Å². The third-order valence-electron chi connectivity index (χ3n) is 3.24. The van der Waals surface area contributed by atoms with Gasteiger partial charge in [0.15, 0.2) is 0 Å². The predicted molar refractivity (Wildman–Crippen MR) is 82.9 cm³/mol. The highest BCUT2D eigenvalue weighted by Crippen LogP contribution is 2.21. The zero-order chi connectivity index (χ0) is 14.5. The second kappa shape index (κ2) is 7.03. The van der Waals surface area contributed by atoms with E-state index in [0.29, 0.717) is 31.2 Å². The highest BCUT2D eigenvalue weighted by molar-refractivity contribution is 14.1. The van der Waals surface area contributed by atoms with Gasteiger partial charge in [0.1, 0.15) is 0 Å². The first-order chi connectivity index (χ1) is 9.54. The summed E-state index contributed by atoms with van der Waals surface area (Å²) in [5.74, 6) is -0.718. The second-order valence-corrected chi connectivity index (χ2v) is 6.09. The van der Waals surface area contributed by atoms with Crippen LogP contribution in [0, 0.1) is 9.49 Å². The van der Waals surface area contributed by atoms with Crippen LogP contribution in [0.4, 0.5) is 5.69 Å². The summed E-state index contributed by atoms with van der Waals surface area (Å²) in [5, 5.41) is 11.8. The van der Waals surface area contributed by atoms with Gasteiger partial charge in [0.2, 0.25) is 5.91 Å². The maximum atomic E-state index is 12.0. The number of nitrogens with one attached hydrogen (secondary N) is 1. The van der Waals surface area contributed by atoms with Crippen molar-refractivity contribution in [3.63, 3.8) is 0 Å². The van der Waals surface area contributed by atoms with Crippen LogP contribution >= 0.6 is 22.6 Å². The van der Waals surface area contributed by atoms with Gasteiger partial charge in [0.25, 0.3) is 0 Å². The number of aromatic carboxylic acids is 1. The maximum Gasteiger partial charge on any atom is 0.335 e. The number of amides is 1. The maximum absolute atomic E-state index is 12.0. The second-order valence-electron chi connectivity index (χ2n) is 4.84. The monoisotopic (exact) mass is 389 g/mol. The number of ether oxygens (including phenoxy) is 1. The normalized spacial score (nSPS) is 15.8. The molecular weight excluding hydrogens is 373 g/mol. The van der Waals surface area contributed by atoms with E-state index in [9.17, 15) is 9.59 Å². The molecule has 0 saturated carbocycles. The van der Waals surface area contributed by atoms with E-state index < -0.39 is 5.97 Å². The Labute approximate surface area is 130 Å². The number of carbonyl (C=O) groups excluding carboxylic acids is 1. The van der Waals surface area contributed by atoms with E-state index in [2.05, 4.69) is 5.32 Å². The number of carbonyl (C=O) groups is 2. The van der Waals surface area contributed by atoms with Gasteiger partial charge in [0, 0.05) is 28.9 Å². The highest BCUT2D eigenvalue weighted by Gasteiger charge is 2.17. The Morgan fingerprint density at radius 1 is 1.30 bits per heavy atom. The van der Waals surface area contributed by atoms with E-state index in [0.717, 1.165) is 16.4 Å². The Kier molecular flexibility index (Phi) is 5.36. The van der Waals surface area contributed by atoms with Crippen molar-refractivity contribution in [3.8, 4) is 0 Å². The summed E-state index contributed by atoms with van der Waals surface area (Å²) in [6.07, 6.45) is 2.26. The zero-order valence-corrected chi connectivity index (χ0v) is 13.1. The molecule has 0 bridgehead atoms. The first-order valence-electron chi connectivity index (χ1n) is 6.46. The lowest BCUT2D eigenvalue weighted by atomic mass is 9.96. The molecule has 5 nitrogen and oxygen atoms in total. The molecule has 1 aliphatic rings. The topological polar surface area (TPSA) is 75.6 Å². The first kappa shape index (κ1) is 15.2. The number of anilines is 1. The Bertz CT molecular complexity index is 512. The van der Waals surface area contributed by atoms with Crippen LogP contribution in [0.3, 0.4) is 0 Å². The van der Waals surface area contributed by atoms with Gasteiger partial charge in [-0.15, -0.1) is 0 Å². The molecule has 1 aromatic carbocycles. The van der Waals surface area contributed by atoms with Crippen molar-refractivity contribution in [2.45, 2.75) is 19.3 Å². The molecule has 0 aromatic heterocycles. The van der Waals surface area contributed by atoms with Gasteiger partial charge in [-0.05, 0) is 59.5 Å². The van der Waals surface area contributed by atoms with E-state index in [1.54, 1.807) is 12.1 Å². The van der Waals surface area contributed by atoms with Crippen LogP contribution in [0.2, 0.25) is 0 Å². The van der Waals surface area contributed by atoms with Crippen molar-refractivity contribution in [3.05, 3.63) is 27.3 Å². The minimum absolute atomic E-state index is 0.0739. The summed E-state index contributed by atoms with van der Waals surface area (Å²) < 4.78 is 6.04. The average Bonchev–Trinajstić information content (AvgIpc) is 2.38. The van der Waals surface area contributed by atoms with E-state index in [-0.39, 0.29) is 11.5 Å². The van der Waals surface area contributed by atoms with Crippen LogP contribution in [-0.4, -0.2) is 30.2 Å². The Morgan fingerprint density at radius 3 is 2.65 bits per heavy atom. The molecule has 0 radical (unpaired) electrons. The minimum Gasteiger partial charge on any atom is -0.478 e. The summed E-state index contributed by atoms with van der Waals surface area (Å²) in [6.45, 7) is 1.43. The van der Waals surface area contributed by atoms with Crippen molar-refractivity contribution in [2.24, 2.45) is 5.92 Å². The summed E-state index contributed by atoms with van der Waals surface area (Å²) >= 11 is 2.04. The Morgan fingerprint density at radius 2 is 2.00 bits per heavy atom. The summed E-state index contributed by atoms with van der Waals surface area (Å²) in [7, 11) is 0. The lowest BCUT2D eigenvalue weighted by Gasteiger charge is -2.21. The molecular formula is C14H16INO4. The SMILES string of the molecule is O=C(CC1CCOCC1)Nc1cc(I)cc(C(=O)O)c1. The molecule has 1 heterocycles. The van der Waals surface area contributed by atoms with E-state index in [1.807, 2.05) is 22.6 Å². The van der Waals surface area contributed by atoms with Gasteiger partial charge in [-0.25, -0.2) is 4.79 Å². The van der Waals surface area contributed by atoms with Crippen molar-refractivity contribution >= 4 is 40.2 Å². The van der Waals surface area contributed by atoms with Gasteiger partial charge in [0.05, 0.1) is 5.56 Å². The fourth-order valence-electron chi connectivity index (χ4n) is 2.21. The van der Waals surface area contributed by atoms with Crippen LogP contribution < -0.4 is 5.32 Å². The van der Waals surface area contributed by atoms with Crippen LogP contribution in [-0.2, 0) is 9.53 Å². The van der Waals surface area contributed by atoms with Crippen molar-refractivity contribution in [2.75, 3.05) is 18.5 Å². The molecule has 1 aromatic rings. The standard InChI is InChI=1S/C14H16INO4/c15-11-6-10(14(18)19)7-12(8-11)16-13(17)5-9-1-3-20-4-2-9/h6-9H,1-5H2,(H,16,17)(H,18,19). The van der Waals surface area contributed by atoms with Crippen LogP contribution in [0.25, 0.3) is 0 Å². The van der Waals surface area contributed by atoms with Gasteiger partial charge in [-0.1, -0.05) is 0 Å². The molecule has 2 rings (SSSR count). The molecule has 1 saturated heterocycles. The molecule has 1 aliphatic heterocycles. The van der Waals surface area contributed by atoms with Gasteiger partial charge < -0.3 is 15.2 Å². The number of rotatable bonds is 4. The third kappa shape index (κ3) is 4.45. The van der Waals surface area contributed by atoms with Crippen LogP contribution in [0.1, 0.15) is 29.6 Å². The highest BCUT2D eigenvalue weighted by atomic mass is 127. The molecule has 0 atom stereocenters. The largest absolute Gasteiger partial charge is 0.478 e. The molecule has 108 valence electrons. The quantitative estimate of drug-likeness (QED) is 0.777. The number of hydrogen-bond donors (Lipinski definition) is 2. The van der Waals surface area contributed by atoms with E-state index >= 15 is 0 Å². The summed E-state index contributed by atoms with van der Waals surface area (Å²) in [4.78, 5) is 22.9. The summed E-state index contributed by atoms with van der Waals surface area (Å²) in [6, 6.07) is 4.80. The van der Waals surface area contributed by atoms with Crippen molar-refractivity contribution in [1.82, 2.24) is 0 Å². The predicted octanol–water partition coefficient (Wildman–Crippen LogP) is 2.74. The lowest BCUT2D eigenvalue weighted by Crippen LogP contribution is -2.22. The van der Waals surface area contributed by atoms with Gasteiger partial charge in [-0.3, -0.25) is 4.79 Å². The number of halogens is 1. The number of benzene rings is 1. The number of carboxylic acid groups (broad SMARTS) is 1. The third-order valence-corrected chi connectivity index (χ3v) is 3.87. The number of hydrogen-bond acceptors (Lipinski definition) is 3. The smallest absolute Gasteiger partial charge is 0.335 e. The average molecular weight is 389 g/mol. The zero-order valence-electron chi connectivity index (χ0n) is 10.9. The van der Waals surface area contributed by atoms with Gasteiger partial charge >= 0.3 is 5.97 Å². The van der Waals surface area contributed by atoms with Crippen molar-refractivity contribution in [1.29, 1.82) is 0 Å². The van der Waals surface area contributed by atoms with Crippen molar-refractivity contribution < 1.29 is 19.4 Å². The van der Waals surface area contributed by atoms with Crippen LogP contribution in [0.15, 0.2) is 18.2 Å². The minimum atomic E-state index is -0.997. The number of carboxylic acids is 1. The molecule has 0 unspecified atom stereocenters. The molecule has 0 aliphatic carbocycles. The fourth-order valence-corrected chi connectivity index (χ4v) is 2.88. The lowest BCUT2D eigenvalue weighted by molar-refractivity contribution is -0.117. The molecule has 1 fully saturated rings. The summed E-state index contributed by atoms with van der Waals surface area (Å²) in [5.41, 5.74) is 0.713. The van der Waals surface area contributed by atoms with Gasteiger partial charge in [-0.2, -0.15) is 0 Å². The van der Waals surface area contributed by atoms with Crippen LogP contribution in [0.5, 0.6) is 0 Å². The fraction of sp³-hybridized carbons (Fsp3) is 0.429. The molecule has 20 heavy (non-hydrogen) atoms.